The molecule has 0 fully saturated rings. The molecule has 0 saturated heterocycles. The second-order valence-electron chi connectivity index (χ2n) is 2.95. The molecule has 0 spiro atoms. The molecule has 14 heavy (non-hydrogen) atoms. The highest BCUT2D eigenvalue weighted by atomic mass is 14.9. The fraction of sp³-hybridized carbons (Fsp3) is 0.200. The Labute approximate surface area is 82.4 Å². The van der Waals surface area contributed by atoms with Crippen LogP contribution in [0.3, 0.4) is 0 Å². The highest BCUT2D eigenvalue weighted by Gasteiger charge is 2.01. The fourth-order valence-electron chi connectivity index (χ4n) is 1.39. The Kier molecular flexibility index (Phi) is 2.18. The Morgan fingerprint density at radius 2 is 2.00 bits per heavy atom. The topological polar surface area (TPSA) is 49.8 Å². The number of hydrogen-bond acceptors (Lipinski definition) is 4. The van der Waals surface area contributed by atoms with E-state index in [1.54, 1.807) is 12.4 Å². The number of nitrogens with one attached hydrogen (secondary N) is 2. The van der Waals surface area contributed by atoms with Crippen molar-refractivity contribution in [1.29, 1.82) is 0 Å². The lowest BCUT2D eigenvalue weighted by atomic mass is 10.2. The molecule has 2 rings (SSSR count). The summed E-state index contributed by atoms with van der Waals surface area (Å²) < 4.78 is 0. The minimum Gasteiger partial charge on any atom is -0.387 e. The van der Waals surface area contributed by atoms with Gasteiger partial charge in [-0.1, -0.05) is 0 Å². The summed E-state index contributed by atoms with van der Waals surface area (Å²) in [5.74, 6) is 0. The SMILES string of the molecule is CNc1cnc2nccc(NC)c2c1. The van der Waals surface area contributed by atoms with E-state index in [4.69, 9.17) is 0 Å². The van der Waals surface area contributed by atoms with Gasteiger partial charge in [0.15, 0.2) is 5.65 Å². The van der Waals surface area contributed by atoms with Crippen molar-refractivity contribution in [3.05, 3.63) is 24.5 Å². The smallest absolute Gasteiger partial charge is 0.161 e. The Morgan fingerprint density at radius 3 is 2.71 bits per heavy atom. The lowest BCUT2D eigenvalue weighted by molar-refractivity contribution is 1.28. The average molecular weight is 188 g/mol. The van der Waals surface area contributed by atoms with Crippen LogP contribution < -0.4 is 10.6 Å². The van der Waals surface area contributed by atoms with E-state index in [2.05, 4.69) is 20.6 Å². The molecule has 4 nitrogen and oxygen atoms in total. The van der Waals surface area contributed by atoms with Crippen molar-refractivity contribution in [1.82, 2.24) is 9.97 Å². The lowest BCUT2D eigenvalue weighted by Gasteiger charge is -2.06. The minimum absolute atomic E-state index is 0.760. The molecule has 0 saturated carbocycles. The first kappa shape index (κ1) is 8.74. The summed E-state index contributed by atoms with van der Waals surface area (Å²) in [5, 5.41) is 7.20. The average Bonchev–Trinajstić information content (AvgIpc) is 2.27. The zero-order valence-corrected chi connectivity index (χ0v) is 8.20. The van der Waals surface area contributed by atoms with E-state index in [0.29, 0.717) is 0 Å². The van der Waals surface area contributed by atoms with Gasteiger partial charge in [-0.15, -0.1) is 0 Å². The molecule has 2 heterocycles. The Morgan fingerprint density at radius 1 is 1.14 bits per heavy atom. The first-order chi connectivity index (χ1) is 6.85. The molecule has 0 aliphatic carbocycles. The van der Waals surface area contributed by atoms with Gasteiger partial charge in [-0.2, -0.15) is 0 Å². The van der Waals surface area contributed by atoms with Crippen molar-refractivity contribution in [2.24, 2.45) is 0 Å². The third kappa shape index (κ3) is 1.35. The van der Waals surface area contributed by atoms with E-state index < -0.39 is 0 Å². The molecule has 0 atom stereocenters. The monoisotopic (exact) mass is 188 g/mol. The van der Waals surface area contributed by atoms with Gasteiger partial charge in [-0.3, -0.25) is 0 Å². The summed E-state index contributed by atoms with van der Waals surface area (Å²) >= 11 is 0. The summed E-state index contributed by atoms with van der Waals surface area (Å²) in [5.41, 5.74) is 2.79. The van der Waals surface area contributed by atoms with Crippen molar-refractivity contribution in [3.63, 3.8) is 0 Å². The van der Waals surface area contributed by atoms with E-state index in [9.17, 15) is 0 Å². The quantitative estimate of drug-likeness (QED) is 0.753. The van der Waals surface area contributed by atoms with Crippen LogP contribution in [0, 0.1) is 0 Å². The summed E-state index contributed by atoms with van der Waals surface area (Å²) in [4.78, 5) is 8.43. The highest BCUT2D eigenvalue weighted by Crippen LogP contribution is 2.21. The summed E-state index contributed by atoms with van der Waals surface area (Å²) in [6.07, 6.45) is 3.52. The summed E-state index contributed by atoms with van der Waals surface area (Å²) in [6.45, 7) is 0. The van der Waals surface area contributed by atoms with Crippen LogP contribution in [0.15, 0.2) is 24.5 Å². The number of hydrogen-bond donors (Lipinski definition) is 2. The van der Waals surface area contributed by atoms with Gasteiger partial charge in [0.1, 0.15) is 0 Å². The predicted molar refractivity (Wildman–Crippen MR) is 58.6 cm³/mol. The lowest BCUT2D eigenvalue weighted by Crippen LogP contribution is -1.95. The maximum atomic E-state index is 4.25. The van der Waals surface area contributed by atoms with Gasteiger partial charge in [0.05, 0.1) is 11.9 Å². The molecular formula is C10H12N4. The van der Waals surface area contributed by atoms with Crippen molar-refractivity contribution in [2.45, 2.75) is 0 Å². The van der Waals surface area contributed by atoms with Crippen LogP contribution in [0.5, 0.6) is 0 Å². The molecule has 0 radical (unpaired) electrons. The van der Waals surface area contributed by atoms with Gasteiger partial charge in [-0.25, -0.2) is 9.97 Å². The first-order valence-corrected chi connectivity index (χ1v) is 4.45. The van der Waals surface area contributed by atoms with Crippen LogP contribution in [0.4, 0.5) is 11.4 Å². The molecule has 0 amide bonds. The van der Waals surface area contributed by atoms with E-state index in [0.717, 1.165) is 22.4 Å². The van der Waals surface area contributed by atoms with E-state index >= 15 is 0 Å². The number of rotatable bonds is 2. The first-order valence-electron chi connectivity index (χ1n) is 4.45. The molecule has 4 heteroatoms. The Hall–Kier alpha value is -1.84. The fourth-order valence-corrected chi connectivity index (χ4v) is 1.39. The van der Waals surface area contributed by atoms with E-state index in [1.165, 1.54) is 0 Å². The van der Waals surface area contributed by atoms with Crippen LogP contribution in [0.1, 0.15) is 0 Å². The van der Waals surface area contributed by atoms with Crippen molar-refractivity contribution in [2.75, 3.05) is 24.7 Å². The van der Waals surface area contributed by atoms with Gasteiger partial charge >= 0.3 is 0 Å². The molecule has 2 N–H and O–H groups in total. The number of aromatic nitrogens is 2. The molecular weight excluding hydrogens is 176 g/mol. The maximum absolute atomic E-state index is 4.25. The molecule has 0 bridgehead atoms. The van der Waals surface area contributed by atoms with Crippen LogP contribution in [0.2, 0.25) is 0 Å². The predicted octanol–water partition coefficient (Wildman–Crippen LogP) is 1.71. The number of pyridine rings is 2. The Balaban J connectivity index is 2.70. The van der Waals surface area contributed by atoms with Crippen molar-refractivity contribution >= 4 is 22.4 Å². The molecule has 0 unspecified atom stereocenters. The van der Waals surface area contributed by atoms with Crippen LogP contribution in [-0.4, -0.2) is 24.1 Å². The molecule has 0 aliphatic rings. The zero-order chi connectivity index (χ0) is 9.97. The van der Waals surface area contributed by atoms with Gasteiger partial charge in [-0.05, 0) is 12.1 Å². The standard InChI is InChI=1S/C10H12N4/c1-11-7-5-8-9(12-2)3-4-13-10(8)14-6-7/h3-6,11H,1-2H3,(H,12,13,14). The molecule has 0 aromatic carbocycles. The van der Waals surface area contributed by atoms with Gasteiger partial charge in [0.2, 0.25) is 0 Å². The normalized spacial score (nSPS) is 10.1. The van der Waals surface area contributed by atoms with Crippen molar-refractivity contribution in [3.8, 4) is 0 Å². The molecule has 2 aromatic heterocycles. The van der Waals surface area contributed by atoms with Crippen molar-refractivity contribution < 1.29 is 0 Å². The largest absolute Gasteiger partial charge is 0.387 e. The van der Waals surface area contributed by atoms with Crippen LogP contribution in [0.25, 0.3) is 11.0 Å². The Bertz CT molecular complexity index is 453. The molecule has 2 aromatic rings. The van der Waals surface area contributed by atoms with E-state index in [-0.39, 0.29) is 0 Å². The van der Waals surface area contributed by atoms with E-state index in [1.807, 2.05) is 26.2 Å². The summed E-state index contributed by atoms with van der Waals surface area (Å²) in [6, 6.07) is 3.96. The number of fused-ring (bicyclic) bond motifs is 1. The van der Waals surface area contributed by atoms with Crippen LogP contribution >= 0.6 is 0 Å². The number of anilines is 2. The zero-order valence-electron chi connectivity index (χ0n) is 8.20. The molecule has 72 valence electrons. The molecule has 0 aliphatic heterocycles. The third-order valence-electron chi connectivity index (χ3n) is 2.15. The number of nitrogens with zero attached hydrogens (tertiary/aromatic N) is 2. The summed E-state index contributed by atoms with van der Waals surface area (Å²) in [7, 11) is 3.76. The van der Waals surface area contributed by atoms with Gasteiger partial charge < -0.3 is 10.6 Å². The highest BCUT2D eigenvalue weighted by molar-refractivity contribution is 5.90. The second kappa shape index (κ2) is 3.49. The van der Waals surface area contributed by atoms with Crippen LogP contribution in [-0.2, 0) is 0 Å². The minimum atomic E-state index is 0.760. The van der Waals surface area contributed by atoms with Gasteiger partial charge in [0.25, 0.3) is 0 Å². The third-order valence-corrected chi connectivity index (χ3v) is 2.15. The second-order valence-corrected chi connectivity index (χ2v) is 2.95. The van der Waals surface area contributed by atoms with Gasteiger partial charge in [0, 0.05) is 31.4 Å². The maximum Gasteiger partial charge on any atom is 0.161 e.